The molecule has 4 rings (SSSR count). The third-order valence-corrected chi connectivity index (χ3v) is 4.07. The lowest BCUT2D eigenvalue weighted by Crippen LogP contribution is -2.02. The minimum Gasteiger partial charge on any atom is -0.373 e. The number of halogens is 3. The maximum atomic E-state index is 15.2. The second-order valence-electron chi connectivity index (χ2n) is 5.69. The van der Waals surface area contributed by atoms with Gasteiger partial charge < -0.3 is 5.32 Å². The first-order valence-electron chi connectivity index (χ1n) is 7.98. The molecule has 0 amide bonds. The Kier molecular flexibility index (Phi) is 4.15. The molecule has 5 nitrogen and oxygen atoms in total. The molecule has 0 aliphatic carbocycles. The lowest BCUT2D eigenvalue weighted by atomic mass is 10.0. The summed E-state index contributed by atoms with van der Waals surface area (Å²) in [6, 6.07) is 6.33. The number of anilines is 1. The fraction of sp³-hybridized carbons (Fsp3) is 0.0526. The third kappa shape index (κ3) is 2.95. The predicted molar refractivity (Wildman–Crippen MR) is 95.4 cm³/mol. The van der Waals surface area contributed by atoms with E-state index in [9.17, 15) is 8.78 Å². The molecule has 134 valence electrons. The number of nitrogens with zero attached hydrogens (tertiary/aromatic N) is 4. The number of benzene rings is 2. The molecule has 0 fully saturated rings. The Morgan fingerprint density at radius 2 is 1.78 bits per heavy atom. The Morgan fingerprint density at radius 3 is 2.48 bits per heavy atom. The third-order valence-electron chi connectivity index (χ3n) is 4.07. The van der Waals surface area contributed by atoms with Gasteiger partial charge >= 0.3 is 0 Å². The van der Waals surface area contributed by atoms with Gasteiger partial charge in [-0.2, -0.15) is 0 Å². The molecule has 0 bridgehead atoms. The quantitative estimate of drug-likeness (QED) is 0.588. The van der Waals surface area contributed by atoms with Crippen LogP contribution in [0.3, 0.4) is 0 Å². The lowest BCUT2D eigenvalue weighted by molar-refractivity contribution is 0.509. The molecule has 2 aromatic heterocycles. The smallest absolute Gasteiger partial charge is 0.182 e. The molecular weight excluding hydrogens is 355 g/mol. The van der Waals surface area contributed by atoms with Crippen LogP contribution in [-0.4, -0.2) is 27.0 Å². The first kappa shape index (κ1) is 16.9. The number of rotatable bonds is 3. The van der Waals surface area contributed by atoms with E-state index in [4.69, 9.17) is 0 Å². The number of hydrogen-bond donors (Lipinski definition) is 1. The van der Waals surface area contributed by atoms with Gasteiger partial charge in [0.2, 0.25) is 0 Å². The normalized spacial score (nSPS) is 11.0. The summed E-state index contributed by atoms with van der Waals surface area (Å²) in [6.45, 7) is 0. The highest BCUT2D eigenvalue weighted by Crippen LogP contribution is 2.32. The van der Waals surface area contributed by atoms with Crippen LogP contribution in [0, 0.1) is 17.5 Å². The molecular formula is C19H12F3N5. The molecule has 2 aromatic carbocycles. The zero-order valence-electron chi connectivity index (χ0n) is 14.0. The van der Waals surface area contributed by atoms with Crippen LogP contribution in [0.4, 0.5) is 19.0 Å². The average Bonchev–Trinajstić information content (AvgIpc) is 2.70. The van der Waals surface area contributed by atoms with Crippen molar-refractivity contribution < 1.29 is 13.2 Å². The molecule has 0 unspecified atom stereocenters. The Bertz CT molecular complexity index is 1150. The molecule has 0 saturated heterocycles. The van der Waals surface area contributed by atoms with E-state index < -0.39 is 17.5 Å². The van der Waals surface area contributed by atoms with Crippen LogP contribution in [0.25, 0.3) is 33.5 Å². The van der Waals surface area contributed by atoms with E-state index in [-0.39, 0.29) is 22.5 Å². The maximum Gasteiger partial charge on any atom is 0.182 e. The molecule has 0 spiro atoms. The highest BCUT2D eigenvalue weighted by Gasteiger charge is 2.17. The lowest BCUT2D eigenvalue weighted by Gasteiger charge is -2.11. The minimum atomic E-state index is -1.05. The van der Waals surface area contributed by atoms with E-state index in [1.54, 1.807) is 13.1 Å². The van der Waals surface area contributed by atoms with E-state index in [0.29, 0.717) is 16.9 Å². The molecule has 4 aromatic rings. The molecule has 0 radical (unpaired) electrons. The van der Waals surface area contributed by atoms with Crippen molar-refractivity contribution in [1.29, 1.82) is 0 Å². The van der Waals surface area contributed by atoms with Crippen LogP contribution in [-0.2, 0) is 0 Å². The summed E-state index contributed by atoms with van der Waals surface area (Å²) in [4.78, 5) is 16.7. The zero-order valence-corrected chi connectivity index (χ0v) is 14.0. The number of hydrogen-bond acceptors (Lipinski definition) is 5. The fourth-order valence-corrected chi connectivity index (χ4v) is 2.77. The zero-order chi connectivity index (χ0) is 19.0. The van der Waals surface area contributed by atoms with Crippen molar-refractivity contribution in [3.63, 3.8) is 0 Å². The summed E-state index contributed by atoms with van der Waals surface area (Å²) in [6.07, 6.45) is 4.46. The summed E-state index contributed by atoms with van der Waals surface area (Å²) < 4.78 is 42.0. The molecule has 8 heteroatoms. The molecule has 1 N–H and O–H groups in total. The van der Waals surface area contributed by atoms with E-state index in [1.807, 2.05) is 0 Å². The fourth-order valence-electron chi connectivity index (χ4n) is 2.77. The van der Waals surface area contributed by atoms with Crippen molar-refractivity contribution in [1.82, 2.24) is 19.9 Å². The maximum absolute atomic E-state index is 15.2. The SMILES string of the molecule is CNc1nc(-c2cnccn2)nc2c(F)c(-c3ccc(F)c(F)c3)ccc12. The van der Waals surface area contributed by atoms with Crippen LogP contribution in [0.5, 0.6) is 0 Å². The molecule has 2 heterocycles. The monoisotopic (exact) mass is 367 g/mol. The van der Waals surface area contributed by atoms with Gasteiger partial charge in [-0.1, -0.05) is 12.1 Å². The van der Waals surface area contributed by atoms with Crippen molar-refractivity contribution in [2.45, 2.75) is 0 Å². The van der Waals surface area contributed by atoms with Gasteiger partial charge in [0.1, 0.15) is 17.0 Å². The van der Waals surface area contributed by atoms with E-state index in [1.165, 1.54) is 30.7 Å². The largest absolute Gasteiger partial charge is 0.373 e. The van der Waals surface area contributed by atoms with Crippen LogP contribution >= 0.6 is 0 Å². The van der Waals surface area contributed by atoms with Crippen molar-refractivity contribution in [3.8, 4) is 22.6 Å². The van der Waals surface area contributed by atoms with Crippen molar-refractivity contribution in [2.24, 2.45) is 0 Å². The standard InChI is InChI=1S/C19H12F3N5/c1-23-18-12-4-3-11(10-2-5-13(20)14(21)8-10)16(22)17(12)26-19(27-18)15-9-24-6-7-25-15/h2-9H,1H3,(H,23,26,27). The van der Waals surface area contributed by atoms with Gasteiger partial charge in [-0.05, 0) is 23.8 Å². The first-order chi connectivity index (χ1) is 13.1. The van der Waals surface area contributed by atoms with Gasteiger partial charge in [0, 0.05) is 30.4 Å². The Balaban J connectivity index is 1.97. The molecule has 0 saturated carbocycles. The van der Waals surface area contributed by atoms with Crippen LogP contribution in [0.15, 0.2) is 48.9 Å². The predicted octanol–water partition coefficient (Wildman–Crippen LogP) is 4.21. The van der Waals surface area contributed by atoms with Gasteiger partial charge in [-0.15, -0.1) is 0 Å². The molecule has 0 atom stereocenters. The van der Waals surface area contributed by atoms with E-state index >= 15 is 4.39 Å². The number of fused-ring (bicyclic) bond motifs is 1. The van der Waals surface area contributed by atoms with Gasteiger partial charge in [-0.3, -0.25) is 4.98 Å². The minimum absolute atomic E-state index is 0.0391. The number of nitrogens with one attached hydrogen (secondary N) is 1. The van der Waals surface area contributed by atoms with Crippen LogP contribution < -0.4 is 5.32 Å². The summed E-state index contributed by atoms with van der Waals surface area (Å²) >= 11 is 0. The van der Waals surface area contributed by atoms with Gasteiger partial charge in [0.15, 0.2) is 23.3 Å². The Morgan fingerprint density at radius 1 is 0.926 bits per heavy atom. The van der Waals surface area contributed by atoms with Crippen molar-refractivity contribution in [3.05, 3.63) is 66.4 Å². The van der Waals surface area contributed by atoms with E-state index in [2.05, 4.69) is 25.3 Å². The second-order valence-corrected chi connectivity index (χ2v) is 5.69. The highest BCUT2D eigenvalue weighted by molar-refractivity contribution is 5.93. The topological polar surface area (TPSA) is 63.6 Å². The first-order valence-corrected chi connectivity index (χ1v) is 7.98. The number of aromatic nitrogens is 4. The average molecular weight is 367 g/mol. The Hall–Kier alpha value is -3.55. The van der Waals surface area contributed by atoms with Crippen LogP contribution in [0.1, 0.15) is 0 Å². The van der Waals surface area contributed by atoms with Gasteiger partial charge in [0.25, 0.3) is 0 Å². The summed E-state index contributed by atoms with van der Waals surface area (Å²) in [5, 5.41) is 3.36. The highest BCUT2D eigenvalue weighted by atomic mass is 19.2. The van der Waals surface area contributed by atoms with Gasteiger partial charge in [0.05, 0.1) is 6.20 Å². The Labute approximate surface area is 152 Å². The van der Waals surface area contributed by atoms with E-state index in [0.717, 1.165) is 12.1 Å². The summed E-state index contributed by atoms with van der Waals surface area (Å²) in [5.74, 6) is -2.10. The summed E-state index contributed by atoms with van der Waals surface area (Å²) in [7, 11) is 1.66. The second kappa shape index (κ2) is 6.64. The molecule has 0 aliphatic heterocycles. The summed E-state index contributed by atoms with van der Waals surface area (Å²) in [5.41, 5.74) is 0.733. The van der Waals surface area contributed by atoms with Crippen molar-refractivity contribution in [2.75, 3.05) is 12.4 Å². The molecule has 0 aliphatic rings. The van der Waals surface area contributed by atoms with Crippen molar-refractivity contribution >= 4 is 16.7 Å². The van der Waals surface area contributed by atoms with Crippen LogP contribution in [0.2, 0.25) is 0 Å². The molecule has 27 heavy (non-hydrogen) atoms. The van der Waals surface area contributed by atoms with Gasteiger partial charge in [-0.25, -0.2) is 28.1 Å².